The number of nitrogens with one attached hydrogen (secondary N) is 2. The van der Waals surface area contributed by atoms with Crippen molar-refractivity contribution >= 4 is 27.5 Å². The van der Waals surface area contributed by atoms with Crippen molar-refractivity contribution in [2.45, 2.75) is 69.4 Å². The van der Waals surface area contributed by atoms with Crippen LogP contribution in [0.4, 0.5) is 5.69 Å². The number of nitrogens with two attached hydrogens (primary N) is 1. The molecule has 0 unspecified atom stereocenters. The molecule has 0 radical (unpaired) electrons. The number of anilines is 1. The Bertz CT molecular complexity index is 837. The lowest BCUT2D eigenvalue weighted by atomic mass is 9.96. The molecular weight excluding hydrogens is 404 g/mol. The lowest BCUT2D eigenvalue weighted by Gasteiger charge is -2.31. The third kappa shape index (κ3) is 6.02. The Labute approximate surface area is 179 Å². The Morgan fingerprint density at radius 1 is 1.20 bits per heavy atom. The smallest absolute Gasteiger partial charge is 0.245 e. The van der Waals surface area contributed by atoms with Gasteiger partial charge in [-0.1, -0.05) is 51.7 Å². The van der Waals surface area contributed by atoms with Gasteiger partial charge in [0.15, 0.2) is 0 Å². The minimum absolute atomic E-state index is 0.0212. The van der Waals surface area contributed by atoms with Gasteiger partial charge in [0, 0.05) is 13.1 Å². The summed E-state index contributed by atoms with van der Waals surface area (Å²) < 4.78 is 27.9. The number of amides is 2. The summed E-state index contributed by atoms with van der Waals surface area (Å²) in [6, 6.07) is 5.73. The molecule has 0 saturated heterocycles. The largest absolute Gasteiger partial charge is 0.368 e. The van der Waals surface area contributed by atoms with Gasteiger partial charge in [-0.25, -0.2) is 8.42 Å². The normalized spacial score (nSPS) is 17.5. The number of hydrogen-bond donors (Lipinski definition) is 3. The van der Waals surface area contributed by atoms with E-state index < -0.39 is 27.9 Å². The predicted octanol–water partition coefficient (Wildman–Crippen LogP) is 2.07. The van der Waals surface area contributed by atoms with Gasteiger partial charge in [-0.3, -0.25) is 14.9 Å². The van der Waals surface area contributed by atoms with Crippen LogP contribution in [0.15, 0.2) is 29.2 Å². The van der Waals surface area contributed by atoms with Crippen LogP contribution in [0.1, 0.15) is 52.4 Å². The van der Waals surface area contributed by atoms with E-state index in [0.29, 0.717) is 0 Å². The van der Waals surface area contributed by atoms with Crippen LogP contribution in [-0.4, -0.2) is 50.2 Å². The highest BCUT2D eigenvalue weighted by Gasteiger charge is 2.31. The molecular formula is C21H34N4O4S. The second-order valence-corrected chi connectivity index (χ2v) is 9.97. The molecule has 0 heterocycles. The van der Waals surface area contributed by atoms with E-state index in [1.165, 1.54) is 10.4 Å². The first-order chi connectivity index (χ1) is 14.2. The molecule has 0 aliphatic heterocycles. The van der Waals surface area contributed by atoms with Crippen LogP contribution in [0.2, 0.25) is 0 Å². The molecule has 1 saturated carbocycles. The number of carbonyl (C=O) groups is 2. The molecule has 2 amide bonds. The molecule has 9 heteroatoms. The monoisotopic (exact) mass is 438 g/mol. The van der Waals surface area contributed by atoms with Crippen molar-refractivity contribution in [3.05, 3.63) is 24.3 Å². The van der Waals surface area contributed by atoms with E-state index in [0.717, 1.165) is 38.5 Å². The lowest BCUT2D eigenvalue weighted by Crippen LogP contribution is -2.48. The Morgan fingerprint density at radius 3 is 2.43 bits per heavy atom. The van der Waals surface area contributed by atoms with Gasteiger partial charge in [0.2, 0.25) is 21.8 Å². The molecule has 30 heavy (non-hydrogen) atoms. The minimum Gasteiger partial charge on any atom is -0.368 e. The predicted molar refractivity (Wildman–Crippen MR) is 117 cm³/mol. The van der Waals surface area contributed by atoms with Crippen LogP contribution in [0.5, 0.6) is 0 Å². The maximum atomic E-state index is 13.2. The van der Waals surface area contributed by atoms with Crippen molar-refractivity contribution in [2.75, 3.05) is 18.9 Å². The van der Waals surface area contributed by atoms with Crippen LogP contribution in [-0.2, 0) is 19.6 Å². The average Bonchev–Trinajstić information content (AvgIpc) is 2.73. The molecule has 0 aromatic heterocycles. The molecule has 4 N–H and O–H groups in total. The number of rotatable bonds is 10. The number of primary amides is 1. The summed E-state index contributed by atoms with van der Waals surface area (Å²) in [5.41, 5.74) is 5.65. The van der Waals surface area contributed by atoms with Gasteiger partial charge in [0.05, 0.1) is 18.3 Å². The Kier molecular flexibility index (Phi) is 8.81. The Hall–Kier alpha value is -1.97. The van der Waals surface area contributed by atoms with Crippen molar-refractivity contribution in [2.24, 2.45) is 11.7 Å². The molecule has 8 nitrogen and oxygen atoms in total. The fraction of sp³-hybridized carbons (Fsp3) is 0.619. The van der Waals surface area contributed by atoms with Crippen molar-refractivity contribution in [3.8, 4) is 0 Å². The summed E-state index contributed by atoms with van der Waals surface area (Å²) in [6.45, 7) is 3.67. The zero-order valence-electron chi connectivity index (χ0n) is 18.1. The molecule has 1 aromatic carbocycles. The van der Waals surface area contributed by atoms with Crippen LogP contribution < -0.4 is 16.4 Å². The fourth-order valence-electron chi connectivity index (χ4n) is 3.81. The van der Waals surface area contributed by atoms with E-state index in [1.54, 1.807) is 25.2 Å². The van der Waals surface area contributed by atoms with Crippen molar-refractivity contribution < 1.29 is 18.0 Å². The van der Waals surface area contributed by atoms with Crippen LogP contribution in [0.3, 0.4) is 0 Å². The van der Waals surface area contributed by atoms with Gasteiger partial charge in [-0.15, -0.1) is 0 Å². The molecule has 2 atom stereocenters. The summed E-state index contributed by atoms with van der Waals surface area (Å²) in [4.78, 5) is 24.2. The summed E-state index contributed by atoms with van der Waals surface area (Å²) in [7, 11) is -2.15. The van der Waals surface area contributed by atoms with Gasteiger partial charge in [-0.05, 0) is 30.9 Å². The molecule has 2 rings (SSSR count). The third-order valence-corrected chi connectivity index (χ3v) is 7.88. The van der Waals surface area contributed by atoms with Crippen molar-refractivity contribution in [3.63, 3.8) is 0 Å². The zero-order chi connectivity index (χ0) is 22.3. The molecule has 1 fully saturated rings. The second-order valence-electron chi connectivity index (χ2n) is 8.00. The summed E-state index contributed by atoms with van der Waals surface area (Å²) >= 11 is 0. The second kappa shape index (κ2) is 10.9. The standard InChI is InChI=1S/C21H34N4O4S/c1-4-15(2)20(21(22)27)23-14-19(26)24-17-12-8-9-13-18(17)30(28,29)25(3)16-10-6-5-7-11-16/h8-9,12-13,15-16,20,23H,4-7,10-11,14H2,1-3H3,(H2,22,27)(H,24,26)/t15-,20+/m1/s1. The van der Waals surface area contributed by atoms with Gasteiger partial charge in [-0.2, -0.15) is 4.31 Å². The first-order valence-electron chi connectivity index (χ1n) is 10.6. The van der Waals surface area contributed by atoms with E-state index in [1.807, 2.05) is 13.8 Å². The Balaban J connectivity index is 2.12. The summed E-state index contributed by atoms with van der Waals surface area (Å²) in [6.07, 6.45) is 5.60. The number of benzene rings is 1. The quantitative estimate of drug-likeness (QED) is 0.516. The van der Waals surface area contributed by atoms with E-state index >= 15 is 0 Å². The van der Waals surface area contributed by atoms with E-state index in [-0.39, 0.29) is 29.1 Å². The van der Waals surface area contributed by atoms with Crippen molar-refractivity contribution in [1.82, 2.24) is 9.62 Å². The maximum Gasteiger partial charge on any atom is 0.245 e. The SMILES string of the molecule is CC[C@@H](C)[C@H](NCC(=O)Nc1ccccc1S(=O)(=O)N(C)C1CCCCC1)C(N)=O. The van der Waals surface area contributed by atoms with Crippen LogP contribution >= 0.6 is 0 Å². The number of hydrogen-bond acceptors (Lipinski definition) is 5. The van der Waals surface area contributed by atoms with Crippen LogP contribution in [0, 0.1) is 5.92 Å². The van der Waals surface area contributed by atoms with Crippen LogP contribution in [0.25, 0.3) is 0 Å². The summed E-state index contributed by atoms with van der Waals surface area (Å²) in [5.74, 6) is -0.978. The summed E-state index contributed by atoms with van der Waals surface area (Å²) in [5, 5.41) is 5.54. The molecule has 1 aromatic rings. The highest BCUT2D eigenvalue weighted by Crippen LogP contribution is 2.29. The van der Waals surface area contributed by atoms with E-state index in [2.05, 4.69) is 10.6 Å². The van der Waals surface area contributed by atoms with Crippen molar-refractivity contribution in [1.29, 1.82) is 0 Å². The molecule has 168 valence electrons. The highest BCUT2D eigenvalue weighted by molar-refractivity contribution is 7.89. The molecule has 1 aliphatic rings. The number of para-hydroxylation sites is 1. The molecule has 0 spiro atoms. The first-order valence-corrected chi connectivity index (χ1v) is 12.0. The first kappa shape index (κ1) is 24.3. The Morgan fingerprint density at radius 2 is 1.83 bits per heavy atom. The molecule has 1 aliphatic carbocycles. The van der Waals surface area contributed by atoms with E-state index in [9.17, 15) is 18.0 Å². The van der Waals surface area contributed by atoms with Gasteiger partial charge >= 0.3 is 0 Å². The topological polar surface area (TPSA) is 122 Å². The fourth-order valence-corrected chi connectivity index (χ4v) is 5.37. The van der Waals surface area contributed by atoms with Gasteiger partial charge < -0.3 is 11.1 Å². The highest BCUT2D eigenvalue weighted by atomic mass is 32.2. The lowest BCUT2D eigenvalue weighted by molar-refractivity contribution is -0.121. The maximum absolute atomic E-state index is 13.2. The number of nitrogens with zero attached hydrogens (tertiary/aromatic N) is 1. The molecule has 0 bridgehead atoms. The average molecular weight is 439 g/mol. The third-order valence-electron chi connectivity index (χ3n) is 5.91. The van der Waals surface area contributed by atoms with Gasteiger partial charge in [0.1, 0.15) is 4.90 Å². The zero-order valence-corrected chi connectivity index (χ0v) is 18.9. The number of carbonyl (C=O) groups excluding carboxylic acids is 2. The number of sulfonamides is 1. The van der Waals surface area contributed by atoms with E-state index in [4.69, 9.17) is 5.73 Å². The minimum atomic E-state index is -3.75. The van der Waals surface area contributed by atoms with Gasteiger partial charge in [0.25, 0.3) is 0 Å².